The minimum Gasteiger partial charge on any atom is -0.393 e. The van der Waals surface area contributed by atoms with E-state index in [0.29, 0.717) is 13.0 Å². The number of aliphatic hydroxyl groups excluding tert-OH is 1. The van der Waals surface area contributed by atoms with Gasteiger partial charge in [-0.25, -0.2) is 0 Å². The first-order valence-corrected chi connectivity index (χ1v) is 3.75. The second-order valence-electron chi connectivity index (χ2n) is 2.95. The van der Waals surface area contributed by atoms with Crippen LogP contribution in [-0.4, -0.2) is 30.0 Å². The average Bonchev–Trinajstić information content (AvgIpc) is 1.88. The van der Waals surface area contributed by atoms with Gasteiger partial charge in [-0.3, -0.25) is 0 Å². The Kier molecular flexibility index (Phi) is 2.65. The largest absolute Gasteiger partial charge is 0.393 e. The lowest BCUT2D eigenvalue weighted by atomic mass is 10.0. The van der Waals surface area contributed by atoms with Gasteiger partial charge in [0.05, 0.1) is 12.2 Å². The van der Waals surface area contributed by atoms with Crippen LogP contribution in [0.15, 0.2) is 0 Å². The summed E-state index contributed by atoms with van der Waals surface area (Å²) in [4.78, 5) is 0. The predicted octanol–water partition coefficient (Wildman–Crippen LogP) is -0.127. The summed E-state index contributed by atoms with van der Waals surface area (Å²) in [5, 5.41) is 9.19. The summed E-state index contributed by atoms with van der Waals surface area (Å²) in [7, 11) is 0. The minimum absolute atomic E-state index is 0.0370. The van der Waals surface area contributed by atoms with Crippen molar-refractivity contribution >= 4 is 0 Å². The molecule has 0 spiro atoms. The molecule has 0 radical (unpaired) electrons. The summed E-state index contributed by atoms with van der Waals surface area (Å²) in [5.74, 6) is 0. The number of rotatable bonds is 1. The lowest BCUT2D eigenvalue weighted by molar-refractivity contribution is -0.0512. The summed E-state index contributed by atoms with van der Waals surface area (Å²) in [6, 6.07) is 0.0370. The molecule has 3 nitrogen and oxygen atoms in total. The Morgan fingerprint density at radius 2 is 2.40 bits per heavy atom. The molecule has 1 aliphatic rings. The Labute approximate surface area is 61.2 Å². The molecule has 0 saturated carbocycles. The summed E-state index contributed by atoms with van der Waals surface area (Å²) in [6.07, 6.45) is 1.30. The molecule has 1 saturated heterocycles. The lowest BCUT2D eigenvalue weighted by Gasteiger charge is -2.28. The molecule has 0 amide bonds. The zero-order valence-corrected chi connectivity index (χ0v) is 6.29. The third kappa shape index (κ3) is 1.94. The highest BCUT2D eigenvalue weighted by Crippen LogP contribution is 2.15. The fourth-order valence-electron chi connectivity index (χ4n) is 1.18. The topological polar surface area (TPSA) is 55.5 Å². The Bertz CT molecular complexity index is 106. The van der Waals surface area contributed by atoms with Crippen molar-refractivity contribution in [1.82, 2.24) is 0 Å². The molecular weight excluding hydrogens is 130 g/mol. The van der Waals surface area contributed by atoms with Crippen molar-refractivity contribution < 1.29 is 9.84 Å². The Balaban J connectivity index is 2.32. The first-order chi connectivity index (χ1) is 4.70. The van der Waals surface area contributed by atoms with Gasteiger partial charge >= 0.3 is 0 Å². The van der Waals surface area contributed by atoms with E-state index in [1.54, 1.807) is 0 Å². The maximum absolute atomic E-state index is 9.19. The van der Waals surface area contributed by atoms with Crippen molar-refractivity contribution in [3.8, 4) is 0 Å². The molecule has 0 aromatic heterocycles. The molecule has 60 valence electrons. The van der Waals surface area contributed by atoms with E-state index in [2.05, 4.69) is 0 Å². The van der Waals surface area contributed by atoms with Gasteiger partial charge in [-0.2, -0.15) is 0 Å². The lowest BCUT2D eigenvalue weighted by Crippen LogP contribution is -2.40. The van der Waals surface area contributed by atoms with Crippen LogP contribution in [0.1, 0.15) is 19.8 Å². The number of nitrogens with two attached hydrogens (primary N) is 1. The minimum atomic E-state index is -0.204. The van der Waals surface area contributed by atoms with Gasteiger partial charge in [-0.05, 0) is 13.3 Å². The van der Waals surface area contributed by atoms with Gasteiger partial charge in [0.2, 0.25) is 0 Å². The molecule has 1 heterocycles. The molecule has 10 heavy (non-hydrogen) atoms. The van der Waals surface area contributed by atoms with Gasteiger partial charge in [-0.1, -0.05) is 0 Å². The van der Waals surface area contributed by atoms with Crippen LogP contribution in [-0.2, 0) is 4.74 Å². The molecule has 1 unspecified atom stereocenters. The third-order valence-corrected chi connectivity index (χ3v) is 1.87. The molecule has 3 N–H and O–H groups in total. The summed E-state index contributed by atoms with van der Waals surface area (Å²) in [5.41, 5.74) is 5.59. The van der Waals surface area contributed by atoms with Crippen LogP contribution in [0.5, 0.6) is 0 Å². The fourth-order valence-corrected chi connectivity index (χ4v) is 1.18. The van der Waals surface area contributed by atoms with E-state index in [1.807, 2.05) is 6.92 Å². The maximum Gasteiger partial charge on any atom is 0.0747 e. The Hall–Kier alpha value is -0.120. The second-order valence-corrected chi connectivity index (χ2v) is 2.95. The van der Waals surface area contributed by atoms with Crippen molar-refractivity contribution in [2.24, 2.45) is 5.73 Å². The first kappa shape index (κ1) is 7.98. The van der Waals surface area contributed by atoms with Crippen LogP contribution >= 0.6 is 0 Å². The molecule has 1 aliphatic heterocycles. The average molecular weight is 145 g/mol. The molecule has 0 aromatic rings. The summed E-state index contributed by atoms with van der Waals surface area (Å²) >= 11 is 0. The fraction of sp³-hybridized carbons (Fsp3) is 1.00. The molecule has 0 aliphatic carbocycles. The zero-order chi connectivity index (χ0) is 7.56. The quantitative estimate of drug-likeness (QED) is 0.540. The van der Waals surface area contributed by atoms with Crippen LogP contribution in [0.2, 0.25) is 0 Å². The second kappa shape index (κ2) is 3.32. The van der Waals surface area contributed by atoms with E-state index in [0.717, 1.165) is 6.42 Å². The van der Waals surface area contributed by atoms with Crippen molar-refractivity contribution in [2.45, 2.75) is 38.0 Å². The smallest absolute Gasteiger partial charge is 0.0747 e. The number of aliphatic hydroxyl groups is 1. The molecule has 0 aromatic carbocycles. The highest BCUT2D eigenvalue weighted by Gasteiger charge is 2.23. The van der Waals surface area contributed by atoms with E-state index in [1.165, 1.54) is 0 Å². The van der Waals surface area contributed by atoms with Gasteiger partial charge in [-0.15, -0.1) is 0 Å². The van der Waals surface area contributed by atoms with Gasteiger partial charge in [0.1, 0.15) is 0 Å². The van der Waals surface area contributed by atoms with Crippen LogP contribution in [0.3, 0.4) is 0 Å². The SMILES string of the molecule is CC(N)[C@@H]1C[C@H](O)CCO1. The number of hydrogen-bond acceptors (Lipinski definition) is 3. The predicted molar refractivity (Wildman–Crippen MR) is 38.6 cm³/mol. The van der Waals surface area contributed by atoms with E-state index >= 15 is 0 Å². The molecule has 1 fully saturated rings. The van der Waals surface area contributed by atoms with Crippen LogP contribution in [0.25, 0.3) is 0 Å². The normalized spacial score (nSPS) is 37.5. The number of ether oxygens (including phenoxy) is 1. The molecule has 3 atom stereocenters. The van der Waals surface area contributed by atoms with Gasteiger partial charge in [0.15, 0.2) is 0 Å². The van der Waals surface area contributed by atoms with Crippen LogP contribution < -0.4 is 5.73 Å². The molecule has 3 heteroatoms. The molecule has 1 rings (SSSR count). The Morgan fingerprint density at radius 3 is 2.80 bits per heavy atom. The summed E-state index contributed by atoms with van der Waals surface area (Å²) < 4.78 is 5.32. The maximum atomic E-state index is 9.19. The molecular formula is C7H15NO2. The van der Waals surface area contributed by atoms with Crippen molar-refractivity contribution in [1.29, 1.82) is 0 Å². The van der Waals surface area contributed by atoms with E-state index in [9.17, 15) is 5.11 Å². The highest BCUT2D eigenvalue weighted by molar-refractivity contribution is 4.76. The first-order valence-electron chi connectivity index (χ1n) is 3.75. The van der Waals surface area contributed by atoms with E-state index < -0.39 is 0 Å². The van der Waals surface area contributed by atoms with Gasteiger partial charge < -0.3 is 15.6 Å². The Morgan fingerprint density at radius 1 is 1.70 bits per heavy atom. The van der Waals surface area contributed by atoms with Crippen molar-refractivity contribution in [3.63, 3.8) is 0 Å². The zero-order valence-electron chi connectivity index (χ0n) is 6.29. The molecule has 0 bridgehead atoms. The van der Waals surface area contributed by atoms with Crippen LogP contribution in [0.4, 0.5) is 0 Å². The van der Waals surface area contributed by atoms with E-state index in [-0.39, 0.29) is 18.2 Å². The van der Waals surface area contributed by atoms with Crippen LogP contribution in [0, 0.1) is 0 Å². The standard InChI is InChI=1S/C7H15NO2/c1-5(8)7-4-6(9)2-3-10-7/h5-7,9H,2-4,8H2,1H3/t5?,6-,7+/m1/s1. The van der Waals surface area contributed by atoms with E-state index in [4.69, 9.17) is 10.5 Å². The van der Waals surface area contributed by atoms with Gasteiger partial charge in [0, 0.05) is 19.1 Å². The van der Waals surface area contributed by atoms with Crippen molar-refractivity contribution in [3.05, 3.63) is 0 Å². The monoisotopic (exact) mass is 145 g/mol. The number of hydrogen-bond donors (Lipinski definition) is 2. The summed E-state index contributed by atoms with van der Waals surface area (Å²) in [6.45, 7) is 2.55. The highest BCUT2D eigenvalue weighted by atomic mass is 16.5. The third-order valence-electron chi connectivity index (χ3n) is 1.87. The van der Waals surface area contributed by atoms with Crippen molar-refractivity contribution in [2.75, 3.05) is 6.61 Å². The van der Waals surface area contributed by atoms with Gasteiger partial charge in [0.25, 0.3) is 0 Å².